The number of amides is 1. The molecule has 0 saturated carbocycles. The van der Waals surface area contributed by atoms with Gasteiger partial charge in [0.1, 0.15) is 0 Å². The van der Waals surface area contributed by atoms with Crippen LogP contribution >= 0.6 is 0 Å². The zero-order valence-electron chi connectivity index (χ0n) is 11.5. The summed E-state index contributed by atoms with van der Waals surface area (Å²) < 4.78 is 0. The molecule has 1 unspecified atom stereocenters. The molecular formula is C14H20N2O3. The molecule has 104 valence electrons. The van der Waals surface area contributed by atoms with Gasteiger partial charge in [0.15, 0.2) is 0 Å². The van der Waals surface area contributed by atoms with Gasteiger partial charge in [0.2, 0.25) is 5.91 Å². The van der Waals surface area contributed by atoms with E-state index in [4.69, 9.17) is 10.8 Å². The summed E-state index contributed by atoms with van der Waals surface area (Å²) in [6.45, 7) is 5.60. The first-order valence-corrected chi connectivity index (χ1v) is 6.20. The van der Waals surface area contributed by atoms with Crippen LogP contribution in [0.5, 0.6) is 0 Å². The maximum Gasteiger partial charge on any atom is 0.336 e. The van der Waals surface area contributed by atoms with Crippen LogP contribution < -0.4 is 11.1 Å². The highest BCUT2D eigenvalue weighted by molar-refractivity contribution is 5.98. The van der Waals surface area contributed by atoms with Crippen LogP contribution in [-0.2, 0) is 4.79 Å². The van der Waals surface area contributed by atoms with Crippen molar-refractivity contribution in [1.29, 1.82) is 0 Å². The van der Waals surface area contributed by atoms with Crippen molar-refractivity contribution in [2.24, 2.45) is 11.1 Å². The Morgan fingerprint density at radius 3 is 2.53 bits per heavy atom. The molecule has 0 saturated heterocycles. The van der Waals surface area contributed by atoms with Crippen LogP contribution in [0.25, 0.3) is 0 Å². The lowest BCUT2D eigenvalue weighted by Crippen LogP contribution is -2.39. The quantitative estimate of drug-likeness (QED) is 0.758. The molecule has 1 aromatic rings. The monoisotopic (exact) mass is 264 g/mol. The third-order valence-electron chi connectivity index (χ3n) is 3.59. The van der Waals surface area contributed by atoms with Crippen molar-refractivity contribution < 1.29 is 14.7 Å². The van der Waals surface area contributed by atoms with Gasteiger partial charge >= 0.3 is 5.97 Å². The molecule has 0 heterocycles. The molecule has 5 nitrogen and oxygen atoms in total. The van der Waals surface area contributed by atoms with E-state index in [0.717, 1.165) is 0 Å². The molecule has 0 aromatic heterocycles. The predicted molar refractivity (Wildman–Crippen MR) is 74.2 cm³/mol. The normalized spacial score (nSPS) is 13.7. The number of carbonyl (C=O) groups excluding carboxylic acids is 1. The van der Waals surface area contributed by atoms with Crippen molar-refractivity contribution in [2.75, 3.05) is 11.9 Å². The Bertz CT molecular complexity index is 493. The third kappa shape index (κ3) is 3.12. The molecule has 0 aliphatic rings. The largest absolute Gasteiger partial charge is 0.478 e. The molecular weight excluding hydrogens is 244 g/mol. The summed E-state index contributed by atoms with van der Waals surface area (Å²) in [6, 6.07) is 4.80. The summed E-state index contributed by atoms with van der Waals surface area (Å²) in [5.41, 5.74) is 6.22. The lowest BCUT2D eigenvalue weighted by atomic mass is 9.86. The third-order valence-corrected chi connectivity index (χ3v) is 3.59. The van der Waals surface area contributed by atoms with E-state index in [1.165, 1.54) is 6.07 Å². The van der Waals surface area contributed by atoms with Crippen molar-refractivity contribution in [1.82, 2.24) is 0 Å². The standard InChI is InChI=1S/C14H20N2O3/c1-4-14(3,8-15)13(19)16-11-7-5-6-10(9(11)2)12(17)18/h5-7H,4,8,15H2,1-3H3,(H,16,19)(H,17,18). The lowest BCUT2D eigenvalue weighted by molar-refractivity contribution is -0.124. The molecule has 19 heavy (non-hydrogen) atoms. The van der Waals surface area contributed by atoms with Crippen LogP contribution in [0, 0.1) is 12.3 Å². The SMILES string of the molecule is CCC(C)(CN)C(=O)Nc1cccc(C(=O)O)c1C. The molecule has 1 amide bonds. The molecule has 0 aliphatic heterocycles. The van der Waals surface area contributed by atoms with Crippen LogP contribution in [0.15, 0.2) is 18.2 Å². The van der Waals surface area contributed by atoms with Gasteiger partial charge in [-0.05, 0) is 38.0 Å². The van der Waals surface area contributed by atoms with Crippen LogP contribution in [0.4, 0.5) is 5.69 Å². The molecule has 0 radical (unpaired) electrons. The van der Waals surface area contributed by atoms with Crippen LogP contribution in [0.3, 0.4) is 0 Å². The minimum Gasteiger partial charge on any atom is -0.478 e. The molecule has 1 aromatic carbocycles. The molecule has 0 spiro atoms. The van der Waals surface area contributed by atoms with E-state index >= 15 is 0 Å². The number of hydrogen-bond donors (Lipinski definition) is 3. The number of nitrogens with one attached hydrogen (secondary N) is 1. The lowest BCUT2D eigenvalue weighted by Gasteiger charge is -2.25. The van der Waals surface area contributed by atoms with Crippen LogP contribution in [-0.4, -0.2) is 23.5 Å². The summed E-state index contributed by atoms with van der Waals surface area (Å²) >= 11 is 0. The summed E-state index contributed by atoms with van der Waals surface area (Å²) in [6.07, 6.45) is 0.618. The van der Waals surface area contributed by atoms with Crippen molar-refractivity contribution in [2.45, 2.75) is 27.2 Å². The number of nitrogens with two attached hydrogens (primary N) is 1. The Morgan fingerprint density at radius 1 is 1.42 bits per heavy atom. The Balaban J connectivity index is 3.04. The Kier molecular flexibility index (Phi) is 4.67. The van der Waals surface area contributed by atoms with Crippen molar-refractivity contribution in [3.05, 3.63) is 29.3 Å². The van der Waals surface area contributed by atoms with E-state index in [9.17, 15) is 9.59 Å². The molecule has 1 rings (SSSR count). The Labute approximate surface area is 112 Å². The van der Waals surface area contributed by atoms with E-state index in [0.29, 0.717) is 17.7 Å². The van der Waals surface area contributed by atoms with E-state index in [1.807, 2.05) is 6.92 Å². The number of aromatic carboxylic acids is 1. The van der Waals surface area contributed by atoms with Gasteiger partial charge in [-0.2, -0.15) is 0 Å². The zero-order chi connectivity index (χ0) is 14.6. The summed E-state index contributed by atoms with van der Waals surface area (Å²) in [5.74, 6) is -1.20. The number of carboxylic acids is 1. The highest BCUT2D eigenvalue weighted by atomic mass is 16.4. The second kappa shape index (κ2) is 5.84. The second-order valence-electron chi connectivity index (χ2n) is 4.86. The maximum atomic E-state index is 12.2. The second-order valence-corrected chi connectivity index (χ2v) is 4.86. The van der Waals surface area contributed by atoms with Gasteiger partial charge < -0.3 is 16.2 Å². The van der Waals surface area contributed by atoms with Gasteiger partial charge in [-0.3, -0.25) is 4.79 Å². The van der Waals surface area contributed by atoms with Gasteiger partial charge in [0, 0.05) is 12.2 Å². The number of rotatable bonds is 5. The van der Waals surface area contributed by atoms with E-state index in [1.54, 1.807) is 26.0 Å². The number of anilines is 1. The number of hydrogen-bond acceptors (Lipinski definition) is 3. The van der Waals surface area contributed by atoms with Gasteiger partial charge in [0.25, 0.3) is 0 Å². The summed E-state index contributed by atoms with van der Waals surface area (Å²) in [4.78, 5) is 23.2. The zero-order valence-corrected chi connectivity index (χ0v) is 11.5. The predicted octanol–water partition coefficient (Wildman–Crippen LogP) is 2.01. The molecule has 0 fully saturated rings. The van der Waals surface area contributed by atoms with Crippen LogP contribution in [0.2, 0.25) is 0 Å². The summed E-state index contributed by atoms with van der Waals surface area (Å²) in [7, 11) is 0. The highest BCUT2D eigenvalue weighted by Crippen LogP contribution is 2.24. The van der Waals surface area contributed by atoms with Crippen molar-refractivity contribution >= 4 is 17.6 Å². The number of benzene rings is 1. The van der Waals surface area contributed by atoms with Gasteiger partial charge in [0.05, 0.1) is 11.0 Å². The minimum atomic E-state index is -1.01. The van der Waals surface area contributed by atoms with Gasteiger partial charge in [-0.1, -0.05) is 13.0 Å². The van der Waals surface area contributed by atoms with Gasteiger partial charge in [-0.15, -0.1) is 0 Å². The fourth-order valence-corrected chi connectivity index (χ4v) is 1.67. The molecule has 0 bridgehead atoms. The number of carbonyl (C=O) groups is 2. The first kappa shape index (κ1) is 15.2. The van der Waals surface area contributed by atoms with E-state index in [-0.39, 0.29) is 18.0 Å². The van der Waals surface area contributed by atoms with Crippen LogP contribution in [0.1, 0.15) is 36.2 Å². The van der Waals surface area contributed by atoms with Crippen molar-refractivity contribution in [3.63, 3.8) is 0 Å². The minimum absolute atomic E-state index is 0.184. The first-order chi connectivity index (χ1) is 8.85. The molecule has 1 atom stereocenters. The topological polar surface area (TPSA) is 92.4 Å². The maximum absolute atomic E-state index is 12.2. The molecule has 4 N–H and O–H groups in total. The van der Waals surface area contributed by atoms with E-state index in [2.05, 4.69) is 5.32 Å². The van der Waals surface area contributed by atoms with E-state index < -0.39 is 11.4 Å². The number of carboxylic acid groups (broad SMARTS) is 1. The fraction of sp³-hybridized carbons (Fsp3) is 0.429. The smallest absolute Gasteiger partial charge is 0.336 e. The van der Waals surface area contributed by atoms with Gasteiger partial charge in [-0.25, -0.2) is 4.79 Å². The van der Waals surface area contributed by atoms with Crippen molar-refractivity contribution in [3.8, 4) is 0 Å². The Morgan fingerprint density at radius 2 is 2.05 bits per heavy atom. The average molecular weight is 264 g/mol. The molecule has 0 aliphatic carbocycles. The fourth-order valence-electron chi connectivity index (χ4n) is 1.67. The molecule has 5 heteroatoms. The summed E-state index contributed by atoms with van der Waals surface area (Å²) in [5, 5.41) is 11.8. The average Bonchev–Trinajstić information content (AvgIpc) is 2.39. The first-order valence-electron chi connectivity index (χ1n) is 6.20. The Hall–Kier alpha value is -1.88. The highest BCUT2D eigenvalue weighted by Gasteiger charge is 2.30.